The number of carbonyl (C=O) groups excluding carboxylic acids is 1. The number of halogens is 3. The summed E-state index contributed by atoms with van der Waals surface area (Å²) in [4.78, 5) is 16.4. The van der Waals surface area contributed by atoms with Crippen molar-refractivity contribution in [2.24, 2.45) is 0 Å². The fourth-order valence-electron chi connectivity index (χ4n) is 0.681. The van der Waals surface area contributed by atoms with Gasteiger partial charge >= 0.3 is 5.97 Å². The Balaban J connectivity index is 3.06. The standard InChI is InChI=1S/C7H5F3N2O2/c1-2-14-7(13)6-11-4(9)3(8)5(10)12-6/h2H2,1H3. The predicted octanol–water partition coefficient (Wildman–Crippen LogP) is 1.07. The monoisotopic (exact) mass is 206 g/mol. The minimum atomic E-state index is -1.82. The van der Waals surface area contributed by atoms with Crippen LogP contribution in [0.25, 0.3) is 0 Å². The van der Waals surface area contributed by atoms with Crippen LogP contribution in [0, 0.1) is 17.7 Å². The lowest BCUT2D eigenvalue weighted by Crippen LogP contribution is -2.13. The third kappa shape index (κ3) is 1.98. The van der Waals surface area contributed by atoms with E-state index in [9.17, 15) is 18.0 Å². The van der Waals surface area contributed by atoms with Gasteiger partial charge in [0.1, 0.15) is 0 Å². The number of nitrogens with zero attached hydrogens (tertiary/aromatic N) is 2. The topological polar surface area (TPSA) is 52.1 Å². The van der Waals surface area contributed by atoms with E-state index in [4.69, 9.17) is 0 Å². The van der Waals surface area contributed by atoms with E-state index in [0.717, 1.165) is 0 Å². The van der Waals surface area contributed by atoms with E-state index in [-0.39, 0.29) is 6.61 Å². The fourth-order valence-corrected chi connectivity index (χ4v) is 0.681. The van der Waals surface area contributed by atoms with Crippen molar-refractivity contribution >= 4 is 5.97 Å². The normalized spacial score (nSPS) is 10.0. The fraction of sp³-hybridized carbons (Fsp3) is 0.286. The van der Waals surface area contributed by atoms with Gasteiger partial charge in [0.25, 0.3) is 11.9 Å². The summed E-state index contributed by atoms with van der Waals surface area (Å²) < 4.78 is 41.6. The highest BCUT2D eigenvalue weighted by Gasteiger charge is 2.19. The summed E-state index contributed by atoms with van der Waals surface area (Å²) in [7, 11) is 0. The van der Waals surface area contributed by atoms with Crippen LogP contribution in [0.1, 0.15) is 17.5 Å². The van der Waals surface area contributed by atoms with Crippen LogP contribution in [-0.2, 0) is 4.74 Å². The van der Waals surface area contributed by atoms with Crippen molar-refractivity contribution < 1.29 is 22.7 Å². The number of rotatable bonds is 2. The molecule has 14 heavy (non-hydrogen) atoms. The number of carbonyl (C=O) groups is 1. The van der Waals surface area contributed by atoms with Crippen molar-refractivity contribution in [3.05, 3.63) is 23.5 Å². The average molecular weight is 206 g/mol. The van der Waals surface area contributed by atoms with E-state index >= 15 is 0 Å². The first kappa shape index (κ1) is 10.4. The molecule has 1 heterocycles. The van der Waals surface area contributed by atoms with Crippen molar-refractivity contribution in [2.45, 2.75) is 6.92 Å². The number of hydrogen-bond acceptors (Lipinski definition) is 4. The third-order valence-electron chi connectivity index (χ3n) is 1.23. The zero-order chi connectivity index (χ0) is 10.7. The molecule has 0 spiro atoms. The van der Waals surface area contributed by atoms with Gasteiger partial charge in [0.2, 0.25) is 11.6 Å². The summed E-state index contributed by atoms with van der Waals surface area (Å²) in [5, 5.41) is 0. The second-order valence-corrected chi connectivity index (χ2v) is 2.16. The Labute approximate surface area is 76.7 Å². The van der Waals surface area contributed by atoms with E-state index in [1.807, 2.05) is 0 Å². The lowest BCUT2D eigenvalue weighted by molar-refractivity contribution is 0.0507. The van der Waals surface area contributed by atoms with E-state index in [1.165, 1.54) is 6.92 Å². The van der Waals surface area contributed by atoms with Crippen molar-refractivity contribution in [2.75, 3.05) is 6.61 Å². The highest BCUT2D eigenvalue weighted by molar-refractivity contribution is 5.84. The van der Waals surface area contributed by atoms with Gasteiger partial charge in [-0.05, 0) is 6.92 Å². The molecule has 1 aromatic rings. The molecule has 7 heteroatoms. The maximum atomic E-state index is 12.5. The van der Waals surface area contributed by atoms with Crippen LogP contribution in [0.3, 0.4) is 0 Å². The first-order valence-electron chi connectivity index (χ1n) is 3.62. The molecule has 0 N–H and O–H groups in total. The second kappa shape index (κ2) is 4.03. The lowest BCUT2D eigenvalue weighted by Gasteiger charge is -2.00. The molecule has 0 saturated heterocycles. The maximum Gasteiger partial charge on any atom is 0.376 e. The molecule has 0 saturated carbocycles. The van der Waals surface area contributed by atoms with Crippen LogP contribution in [0.2, 0.25) is 0 Å². The van der Waals surface area contributed by atoms with Crippen LogP contribution in [0.4, 0.5) is 13.2 Å². The van der Waals surface area contributed by atoms with E-state index in [0.29, 0.717) is 0 Å². The molecule has 0 radical (unpaired) electrons. The largest absolute Gasteiger partial charge is 0.460 e. The van der Waals surface area contributed by atoms with Crippen molar-refractivity contribution in [1.82, 2.24) is 9.97 Å². The predicted molar refractivity (Wildman–Crippen MR) is 37.9 cm³/mol. The maximum absolute atomic E-state index is 12.5. The van der Waals surface area contributed by atoms with Gasteiger partial charge in [-0.15, -0.1) is 0 Å². The Morgan fingerprint density at radius 2 is 1.79 bits per heavy atom. The molecule has 0 bridgehead atoms. The minimum Gasteiger partial charge on any atom is -0.460 e. The van der Waals surface area contributed by atoms with Crippen LogP contribution in [-0.4, -0.2) is 22.5 Å². The molecule has 0 aliphatic carbocycles. The molecule has 1 aromatic heterocycles. The van der Waals surface area contributed by atoms with Gasteiger partial charge in [-0.3, -0.25) is 0 Å². The Bertz CT molecular complexity index is 347. The van der Waals surface area contributed by atoms with Crippen molar-refractivity contribution in [3.8, 4) is 0 Å². The van der Waals surface area contributed by atoms with Crippen molar-refractivity contribution in [1.29, 1.82) is 0 Å². The molecular formula is C7H5F3N2O2. The summed E-state index contributed by atoms with van der Waals surface area (Å²) in [5.41, 5.74) is 0. The van der Waals surface area contributed by atoms with E-state index in [1.54, 1.807) is 0 Å². The molecule has 0 aromatic carbocycles. The third-order valence-corrected chi connectivity index (χ3v) is 1.23. The van der Waals surface area contributed by atoms with Gasteiger partial charge in [0.15, 0.2) is 0 Å². The summed E-state index contributed by atoms with van der Waals surface area (Å²) >= 11 is 0. The van der Waals surface area contributed by atoms with Gasteiger partial charge in [0.05, 0.1) is 6.61 Å². The Morgan fingerprint density at radius 3 is 2.21 bits per heavy atom. The number of esters is 1. The quantitative estimate of drug-likeness (QED) is 0.536. The summed E-state index contributed by atoms with van der Waals surface area (Å²) in [6, 6.07) is 0. The van der Waals surface area contributed by atoms with Gasteiger partial charge in [-0.2, -0.15) is 23.1 Å². The Hall–Kier alpha value is -1.66. The SMILES string of the molecule is CCOC(=O)c1nc(F)c(F)c(F)n1. The molecule has 0 fully saturated rings. The molecule has 76 valence electrons. The van der Waals surface area contributed by atoms with Gasteiger partial charge in [-0.1, -0.05) is 0 Å². The average Bonchev–Trinajstić information content (AvgIpc) is 2.13. The van der Waals surface area contributed by atoms with Crippen molar-refractivity contribution in [3.63, 3.8) is 0 Å². The minimum absolute atomic E-state index is 0.00279. The zero-order valence-corrected chi connectivity index (χ0v) is 7.05. The first-order chi connectivity index (χ1) is 6.56. The molecule has 0 unspecified atom stereocenters. The molecule has 4 nitrogen and oxygen atoms in total. The second-order valence-electron chi connectivity index (χ2n) is 2.16. The van der Waals surface area contributed by atoms with Crippen LogP contribution in [0.5, 0.6) is 0 Å². The molecule has 0 aliphatic heterocycles. The van der Waals surface area contributed by atoms with E-state index < -0.39 is 29.5 Å². The summed E-state index contributed by atoms with van der Waals surface area (Å²) in [6.07, 6.45) is 0. The molecule has 0 amide bonds. The van der Waals surface area contributed by atoms with E-state index in [2.05, 4.69) is 14.7 Å². The zero-order valence-electron chi connectivity index (χ0n) is 7.05. The first-order valence-corrected chi connectivity index (χ1v) is 3.62. The summed E-state index contributed by atoms with van der Waals surface area (Å²) in [5.74, 6) is -7.22. The van der Waals surface area contributed by atoms with Gasteiger partial charge < -0.3 is 4.74 Å². The highest BCUT2D eigenvalue weighted by atomic mass is 19.2. The Kier molecular flexibility index (Phi) is 3.00. The van der Waals surface area contributed by atoms with Crippen LogP contribution >= 0.6 is 0 Å². The lowest BCUT2D eigenvalue weighted by atomic mass is 10.5. The number of hydrogen-bond donors (Lipinski definition) is 0. The number of aromatic nitrogens is 2. The molecule has 0 atom stereocenters. The molecule has 0 aliphatic rings. The molecular weight excluding hydrogens is 201 g/mol. The van der Waals surface area contributed by atoms with Crippen LogP contribution < -0.4 is 0 Å². The number of ether oxygens (including phenoxy) is 1. The van der Waals surface area contributed by atoms with Gasteiger partial charge in [0, 0.05) is 0 Å². The summed E-state index contributed by atoms with van der Waals surface area (Å²) in [6.45, 7) is 1.50. The molecule has 1 rings (SSSR count). The Morgan fingerprint density at radius 1 is 1.29 bits per heavy atom. The van der Waals surface area contributed by atoms with Gasteiger partial charge in [-0.25, -0.2) is 4.79 Å². The smallest absolute Gasteiger partial charge is 0.376 e. The van der Waals surface area contributed by atoms with Crippen LogP contribution in [0.15, 0.2) is 0 Å². The highest BCUT2D eigenvalue weighted by Crippen LogP contribution is 2.06.